The third-order valence-corrected chi connectivity index (χ3v) is 6.56. The predicted molar refractivity (Wildman–Crippen MR) is 130 cm³/mol. The van der Waals surface area contributed by atoms with Crippen LogP contribution in [0.3, 0.4) is 0 Å². The minimum atomic E-state index is -0.550. The van der Waals surface area contributed by atoms with E-state index in [9.17, 15) is 9.59 Å². The second-order valence-electron chi connectivity index (χ2n) is 8.87. The van der Waals surface area contributed by atoms with Crippen molar-refractivity contribution in [3.8, 4) is 22.6 Å². The van der Waals surface area contributed by atoms with Crippen LogP contribution in [0.5, 0.6) is 11.5 Å². The second kappa shape index (κ2) is 8.87. The molecule has 1 saturated heterocycles. The van der Waals surface area contributed by atoms with Crippen LogP contribution in [-0.4, -0.2) is 37.5 Å². The van der Waals surface area contributed by atoms with Gasteiger partial charge in [0.15, 0.2) is 11.3 Å². The Morgan fingerprint density at radius 3 is 2.80 bits per heavy atom. The van der Waals surface area contributed by atoms with Crippen LogP contribution in [0.15, 0.2) is 60.9 Å². The summed E-state index contributed by atoms with van der Waals surface area (Å²) >= 11 is 0. The highest BCUT2D eigenvalue weighted by molar-refractivity contribution is 5.97. The van der Waals surface area contributed by atoms with E-state index in [1.165, 1.54) is 6.07 Å². The highest BCUT2D eigenvalue weighted by Crippen LogP contribution is 2.36. The molecule has 0 N–H and O–H groups in total. The molecule has 2 aromatic heterocycles. The van der Waals surface area contributed by atoms with Crippen LogP contribution in [0.2, 0.25) is 0 Å². The minimum absolute atomic E-state index is 0.182. The predicted octanol–water partition coefficient (Wildman–Crippen LogP) is 4.30. The Morgan fingerprint density at radius 2 is 1.97 bits per heavy atom. The van der Waals surface area contributed by atoms with Gasteiger partial charge in [0.1, 0.15) is 18.1 Å². The smallest absolute Gasteiger partial charge is 0.344 e. The molecule has 1 fully saturated rings. The summed E-state index contributed by atoms with van der Waals surface area (Å²) in [6, 6.07) is 12.2. The molecule has 0 aliphatic carbocycles. The van der Waals surface area contributed by atoms with Crippen molar-refractivity contribution in [1.82, 2.24) is 4.90 Å². The molecule has 0 radical (unpaired) electrons. The van der Waals surface area contributed by atoms with Crippen LogP contribution in [0.1, 0.15) is 25.3 Å². The Hall–Kier alpha value is -3.62. The van der Waals surface area contributed by atoms with Gasteiger partial charge in [0, 0.05) is 42.1 Å². The highest BCUT2D eigenvalue weighted by atomic mass is 16.5. The number of para-hydroxylation sites is 1. The van der Waals surface area contributed by atoms with Gasteiger partial charge in [-0.3, -0.25) is 4.90 Å². The van der Waals surface area contributed by atoms with Crippen LogP contribution in [0.25, 0.3) is 33.1 Å². The zero-order valence-corrected chi connectivity index (χ0v) is 19.4. The Balaban J connectivity index is 1.47. The van der Waals surface area contributed by atoms with Crippen LogP contribution >= 0.6 is 0 Å². The van der Waals surface area contributed by atoms with Gasteiger partial charge in [-0.15, -0.1) is 0 Å². The van der Waals surface area contributed by atoms with Gasteiger partial charge in [0.05, 0.1) is 23.8 Å². The Morgan fingerprint density at radius 1 is 1.06 bits per heavy atom. The van der Waals surface area contributed by atoms with E-state index in [-0.39, 0.29) is 11.7 Å². The fourth-order valence-electron chi connectivity index (χ4n) is 4.97. The second-order valence-corrected chi connectivity index (χ2v) is 8.87. The van der Waals surface area contributed by atoms with Crippen molar-refractivity contribution in [1.29, 1.82) is 0 Å². The van der Waals surface area contributed by atoms with Gasteiger partial charge in [-0.1, -0.05) is 12.1 Å². The van der Waals surface area contributed by atoms with Gasteiger partial charge < -0.3 is 23.0 Å². The third-order valence-electron chi connectivity index (χ3n) is 6.56. The molecule has 35 heavy (non-hydrogen) atoms. The standard InChI is InChI=1S/C27H25NO7/c1-2-31-23-7-3-5-16-11-20(27(30)35-25(16)23)19-12-24(29)34-26-18(19)8-9-22-21(26)14-28(15-33-22)13-17-6-4-10-32-17/h3,5,7-9,11-12,17H,2,4,6,10,13-15H2,1H3. The largest absolute Gasteiger partial charge is 0.490 e. The van der Waals surface area contributed by atoms with Crippen LogP contribution < -0.4 is 20.7 Å². The molecule has 180 valence electrons. The maximum atomic E-state index is 13.1. The lowest BCUT2D eigenvalue weighted by Gasteiger charge is -2.30. The number of nitrogens with zero attached hydrogens (tertiary/aromatic N) is 1. The monoisotopic (exact) mass is 475 g/mol. The van der Waals surface area contributed by atoms with Crippen molar-refractivity contribution in [3.63, 3.8) is 0 Å². The number of rotatable bonds is 5. The van der Waals surface area contributed by atoms with Gasteiger partial charge in [0.25, 0.3) is 0 Å². The Kier molecular flexibility index (Phi) is 5.54. The number of ether oxygens (including phenoxy) is 3. The van der Waals surface area contributed by atoms with E-state index in [4.69, 9.17) is 23.0 Å². The van der Waals surface area contributed by atoms with Gasteiger partial charge in [-0.25, -0.2) is 9.59 Å². The maximum Gasteiger partial charge on any atom is 0.344 e. The molecule has 1 unspecified atom stereocenters. The molecule has 0 amide bonds. The number of fused-ring (bicyclic) bond motifs is 4. The fourth-order valence-corrected chi connectivity index (χ4v) is 4.97. The molecular weight excluding hydrogens is 450 g/mol. The summed E-state index contributed by atoms with van der Waals surface area (Å²) in [4.78, 5) is 27.9. The SMILES string of the molecule is CCOc1cccc2cc(-c3cc(=O)oc4c5c(ccc34)OCN(CC3CCCO3)C5)c(=O)oc12. The molecule has 1 atom stereocenters. The first-order valence-electron chi connectivity index (χ1n) is 11.9. The fraction of sp³-hybridized carbons (Fsp3) is 0.333. The maximum absolute atomic E-state index is 13.1. The zero-order chi connectivity index (χ0) is 23.9. The van der Waals surface area contributed by atoms with E-state index in [1.54, 1.807) is 12.1 Å². The number of benzene rings is 2. The van der Waals surface area contributed by atoms with E-state index < -0.39 is 11.3 Å². The molecule has 0 spiro atoms. The molecular formula is C27H25NO7. The van der Waals surface area contributed by atoms with Crippen molar-refractivity contribution in [2.45, 2.75) is 32.4 Å². The average molecular weight is 475 g/mol. The van der Waals surface area contributed by atoms with E-state index in [1.807, 2.05) is 31.2 Å². The van der Waals surface area contributed by atoms with Crippen molar-refractivity contribution >= 4 is 21.9 Å². The summed E-state index contributed by atoms with van der Waals surface area (Å²) in [6.07, 6.45) is 2.28. The average Bonchev–Trinajstić information content (AvgIpc) is 3.37. The molecule has 4 aromatic rings. The summed E-state index contributed by atoms with van der Waals surface area (Å²) in [5.74, 6) is 1.18. The molecule has 6 rings (SSSR count). The number of hydrogen-bond donors (Lipinski definition) is 0. The quantitative estimate of drug-likeness (QED) is 0.395. The van der Waals surface area contributed by atoms with Gasteiger partial charge in [-0.05, 0) is 44.0 Å². The summed E-state index contributed by atoms with van der Waals surface area (Å²) in [7, 11) is 0. The highest BCUT2D eigenvalue weighted by Gasteiger charge is 2.26. The first-order chi connectivity index (χ1) is 17.1. The first-order valence-corrected chi connectivity index (χ1v) is 11.9. The Bertz CT molecular complexity index is 1530. The zero-order valence-electron chi connectivity index (χ0n) is 19.4. The van der Waals surface area contributed by atoms with E-state index >= 15 is 0 Å². The normalized spacial score (nSPS) is 18.0. The number of hydrogen-bond acceptors (Lipinski definition) is 8. The molecule has 2 aliphatic heterocycles. The lowest BCUT2D eigenvalue weighted by Crippen LogP contribution is -2.37. The summed E-state index contributed by atoms with van der Waals surface area (Å²) in [6.45, 7) is 4.86. The minimum Gasteiger partial charge on any atom is -0.490 e. The summed E-state index contributed by atoms with van der Waals surface area (Å²) < 4.78 is 28.7. The van der Waals surface area contributed by atoms with Gasteiger partial charge in [-0.2, -0.15) is 0 Å². The molecule has 2 aromatic carbocycles. The topological polar surface area (TPSA) is 91.4 Å². The van der Waals surface area contributed by atoms with Crippen molar-refractivity contribution in [3.05, 3.63) is 68.9 Å². The first kappa shape index (κ1) is 21.9. The molecule has 8 nitrogen and oxygen atoms in total. The van der Waals surface area contributed by atoms with Crippen LogP contribution in [0, 0.1) is 0 Å². The Labute approximate surface area is 200 Å². The lowest BCUT2D eigenvalue weighted by atomic mass is 9.99. The van der Waals surface area contributed by atoms with E-state index in [0.717, 1.165) is 31.6 Å². The molecule has 2 aliphatic rings. The third kappa shape index (κ3) is 3.98. The molecule has 0 bridgehead atoms. The molecule has 8 heteroatoms. The van der Waals surface area contributed by atoms with Gasteiger partial charge in [0.2, 0.25) is 0 Å². The molecule has 4 heterocycles. The van der Waals surface area contributed by atoms with Crippen molar-refractivity contribution < 1.29 is 23.0 Å². The van der Waals surface area contributed by atoms with Crippen LogP contribution in [-0.2, 0) is 11.3 Å². The molecule has 0 saturated carbocycles. The van der Waals surface area contributed by atoms with Gasteiger partial charge >= 0.3 is 11.3 Å². The summed E-state index contributed by atoms with van der Waals surface area (Å²) in [5.41, 5.74) is 1.25. The van der Waals surface area contributed by atoms with Crippen molar-refractivity contribution in [2.24, 2.45) is 0 Å². The van der Waals surface area contributed by atoms with Crippen molar-refractivity contribution in [2.75, 3.05) is 26.5 Å². The van der Waals surface area contributed by atoms with E-state index in [2.05, 4.69) is 4.90 Å². The van der Waals surface area contributed by atoms with E-state index in [0.29, 0.717) is 58.9 Å². The lowest BCUT2D eigenvalue weighted by molar-refractivity contribution is 0.0281. The summed E-state index contributed by atoms with van der Waals surface area (Å²) in [5, 5.41) is 1.36. The van der Waals surface area contributed by atoms with Crippen LogP contribution in [0.4, 0.5) is 0 Å².